The maximum Gasteiger partial charge on any atom is 0.243 e. The molecule has 1 aliphatic rings. The molecule has 154 valence electrons. The van der Waals surface area contributed by atoms with Crippen molar-refractivity contribution in [2.75, 3.05) is 33.7 Å². The quantitative estimate of drug-likeness (QED) is 0.429. The topological polar surface area (TPSA) is 60.0 Å². The van der Waals surface area contributed by atoms with E-state index in [9.17, 15) is 4.79 Å². The summed E-state index contributed by atoms with van der Waals surface area (Å²) in [5.74, 6) is 0.675. The van der Waals surface area contributed by atoms with E-state index < -0.39 is 0 Å². The van der Waals surface area contributed by atoms with Gasteiger partial charge in [0.25, 0.3) is 0 Å². The lowest BCUT2D eigenvalue weighted by atomic mass is 9.97. The first kappa shape index (κ1) is 22.0. The Bertz CT molecular complexity index is 671. The van der Waals surface area contributed by atoms with Crippen molar-refractivity contribution >= 4 is 11.9 Å². The molecular formula is C22H35N5O. The summed E-state index contributed by atoms with van der Waals surface area (Å²) in [6.45, 7) is 11.0. The number of rotatable bonds is 7. The number of carbonyl (C=O) groups excluding carboxylic acids is 1. The Hall–Kier alpha value is -2.34. The zero-order valence-corrected chi connectivity index (χ0v) is 17.7. The monoisotopic (exact) mass is 385 g/mol. The molecule has 0 spiro atoms. The third kappa shape index (κ3) is 7.35. The molecule has 1 heterocycles. The van der Waals surface area contributed by atoms with Crippen LogP contribution >= 0.6 is 0 Å². The number of hydrogen-bond donors (Lipinski definition) is 2. The molecule has 0 aromatic heterocycles. The largest absolute Gasteiger partial charge is 0.354 e. The minimum Gasteiger partial charge on any atom is -0.354 e. The van der Waals surface area contributed by atoms with E-state index in [2.05, 4.69) is 64.4 Å². The number of hydrogen-bond acceptors (Lipinski definition) is 3. The van der Waals surface area contributed by atoms with Crippen LogP contribution in [0.15, 0.2) is 47.5 Å². The van der Waals surface area contributed by atoms with E-state index in [0.29, 0.717) is 24.6 Å². The molecule has 28 heavy (non-hydrogen) atoms. The van der Waals surface area contributed by atoms with Gasteiger partial charge in [0.2, 0.25) is 5.91 Å². The second-order valence-electron chi connectivity index (χ2n) is 7.93. The van der Waals surface area contributed by atoms with Gasteiger partial charge in [-0.3, -0.25) is 9.69 Å². The van der Waals surface area contributed by atoms with E-state index in [-0.39, 0.29) is 12.5 Å². The molecule has 0 aliphatic carbocycles. The predicted molar refractivity (Wildman–Crippen MR) is 116 cm³/mol. The van der Waals surface area contributed by atoms with Crippen molar-refractivity contribution in [1.29, 1.82) is 0 Å². The lowest BCUT2D eigenvalue weighted by Crippen LogP contribution is -2.51. The van der Waals surface area contributed by atoms with Gasteiger partial charge in [0, 0.05) is 45.8 Å². The fraction of sp³-hybridized carbons (Fsp3) is 0.545. The molecular weight excluding hydrogens is 350 g/mol. The summed E-state index contributed by atoms with van der Waals surface area (Å²) >= 11 is 0. The molecule has 1 aromatic carbocycles. The highest BCUT2D eigenvalue weighted by Crippen LogP contribution is 2.19. The van der Waals surface area contributed by atoms with Crippen LogP contribution in [0.4, 0.5) is 0 Å². The SMILES string of the molecule is C=C(C)CNC(=NCC(=O)N(C)C)NC1CCN(Cc2ccccc2)C(C)C1. The van der Waals surface area contributed by atoms with Crippen LogP contribution in [0.2, 0.25) is 0 Å². The highest BCUT2D eigenvalue weighted by Gasteiger charge is 2.26. The molecule has 1 aromatic rings. The smallest absolute Gasteiger partial charge is 0.243 e. The molecule has 1 aliphatic heterocycles. The fourth-order valence-electron chi connectivity index (χ4n) is 3.27. The highest BCUT2D eigenvalue weighted by molar-refractivity contribution is 5.85. The van der Waals surface area contributed by atoms with Crippen LogP contribution in [-0.2, 0) is 11.3 Å². The van der Waals surface area contributed by atoms with Crippen molar-refractivity contribution in [1.82, 2.24) is 20.4 Å². The number of nitrogens with zero attached hydrogens (tertiary/aromatic N) is 3. The minimum atomic E-state index is -0.0116. The van der Waals surface area contributed by atoms with Crippen molar-refractivity contribution in [2.24, 2.45) is 4.99 Å². The number of likely N-dealkylation sites (N-methyl/N-ethyl adjacent to an activating group) is 1. The molecule has 2 rings (SSSR count). The summed E-state index contributed by atoms with van der Waals surface area (Å²) < 4.78 is 0. The van der Waals surface area contributed by atoms with Gasteiger partial charge in [-0.2, -0.15) is 0 Å². The zero-order valence-electron chi connectivity index (χ0n) is 17.7. The molecule has 2 atom stereocenters. The van der Waals surface area contributed by atoms with E-state index >= 15 is 0 Å². The lowest BCUT2D eigenvalue weighted by molar-refractivity contribution is -0.127. The summed E-state index contributed by atoms with van der Waals surface area (Å²) in [6.07, 6.45) is 2.09. The van der Waals surface area contributed by atoms with Gasteiger partial charge >= 0.3 is 0 Å². The zero-order chi connectivity index (χ0) is 20.5. The second kappa shape index (κ2) is 10.9. The summed E-state index contributed by atoms with van der Waals surface area (Å²) in [5.41, 5.74) is 2.38. The Morgan fingerprint density at radius 1 is 1.32 bits per heavy atom. The van der Waals surface area contributed by atoms with E-state index in [1.54, 1.807) is 19.0 Å². The maximum atomic E-state index is 11.9. The average Bonchev–Trinajstić information content (AvgIpc) is 2.66. The molecule has 2 unspecified atom stereocenters. The van der Waals surface area contributed by atoms with Gasteiger partial charge in [-0.05, 0) is 32.3 Å². The van der Waals surface area contributed by atoms with Crippen LogP contribution in [0, 0.1) is 0 Å². The Balaban J connectivity index is 1.92. The molecule has 1 fully saturated rings. The summed E-state index contributed by atoms with van der Waals surface area (Å²) in [4.78, 5) is 20.4. The number of carbonyl (C=O) groups is 1. The van der Waals surface area contributed by atoms with Crippen molar-refractivity contribution < 1.29 is 4.79 Å². The van der Waals surface area contributed by atoms with E-state index in [4.69, 9.17) is 0 Å². The number of benzene rings is 1. The highest BCUT2D eigenvalue weighted by atomic mass is 16.2. The molecule has 2 N–H and O–H groups in total. The Kier molecular flexibility index (Phi) is 8.51. The van der Waals surface area contributed by atoms with Gasteiger partial charge in [0.05, 0.1) is 0 Å². The van der Waals surface area contributed by atoms with E-state index in [1.807, 2.05) is 6.92 Å². The van der Waals surface area contributed by atoms with Crippen LogP contribution < -0.4 is 10.6 Å². The van der Waals surface area contributed by atoms with Crippen molar-refractivity contribution in [2.45, 2.75) is 45.3 Å². The molecule has 6 heteroatoms. The number of piperidine rings is 1. The van der Waals surface area contributed by atoms with Crippen LogP contribution in [0.3, 0.4) is 0 Å². The van der Waals surface area contributed by atoms with Crippen LogP contribution in [0.5, 0.6) is 0 Å². The summed E-state index contributed by atoms with van der Waals surface area (Å²) in [5, 5.41) is 6.80. The van der Waals surface area contributed by atoms with Gasteiger partial charge in [-0.25, -0.2) is 4.99 Å². The first-order valence-electron chi connectivity index (χ1n) is 10.0. The molecule has 0 radical (unpaired) electrons. The Morgan fingerprint density at radius 3 is 2.64 bits per heavy atom. The number of guanidine groups is 1. The number of nitrogens with one attached hydrogen (secondary N) is 2. The van der Waals surface area contributed by atoms with E-state index in [0.717, 1.165) is 31.5 Å². The number of amides is 1. The van der Waals surface area contributed by atoms with Crippen molar-refractivity contribution in [3.8, 4) is 0 Å². The van der Waals surface area contributed by atoms with Crippen LogP contribution in [0.25, 0.3) is 0 Å². The fourth-order valence-corrected chi connectivity index (χ4v) is 3.27. The Labute approximate surface area is 169 Å². The predicted octanol–water partition coefficient (Wildman–Crippen LogP) is 2.24. The third-order valence-electron chi connectivity index (χ3n) is 5.01. The second-order valence-corrected chi connectivity index (χ2v) is 7.93. The van der Waals surface area contributed by atoms with Gasteiger partial charge in [-0.1, -0.05) is 42.5 Å². The standard InChI is InChI=1S/C22H35N5O/c1-17(2)14-23-22(24-15-21(28)26(4)5)25-20-11-12-27(18(3)13-20)16-19-9-7-6-8-10-19/h6-10,18,20H,1,11-16H2,2-5H3,(H2,23,24,25). The van der Waals surface area contributed by atoms with Gasteiger partial charge in [0.15, 0.2) is 5.96 Å². The van der Waals surface area contributed by atoms with Gasteiger partial charge in [0.1, 0.15) is 6.54 Å². The van der Waals surface area contributed by atoms with Gasteiger partial charge in [-0.15, -0.1) is 0 Å². The van der Waals surface area contributed by atoms with Crippen LogP contribution in [0.1, 0.15) is 32.3 Å². The minimum absolute atomic E-state index is 0.0116. The molecule has 0 saturated carbocycles. The average molecular weight is 386 g/mol. The molecule has 0 bridgehead atoms. The van der Waals surface area contributed by atoms with Crippen molar-refractivity contribution in [3.05, 3.63) is 48.0 Å². The lowest BCUT2D eigenvalue weighted by Gasteiger charge is -2.38. The first-order valence-corrected chi connectivity index (χ1v) is 10.0. The summed E-state index contributed by atoms with van der Waals surface area (Å²) in [7, 11) is 3.49. The number of likely N-dealkylation sites (tertiary alicyclic amines) is 1. The summed E-state index contributed by atoms with van der Waals surface area (Å²) in [6, 6.07) is 11.4. The maximum absolute atomic E-state index is 11.9. The third-order valence-corrected chi connectivity index (χ3v) is 5.01. The first-order chi connectivity index (χ1) is 13.3. The number of aliphatic imine (C=N–C) groups is 1. The van der Waals surface area contributed by atoms with Crippen LogP contribution in [-0.4, -0.2) is 67.5 Å². The Morgan fingerprint density at radius 2 is 2.04 bits per heavy atom. The van der Waals surface area contributed by atoms with E-state index in [1.165, 1.54) is 5.56 Å². The van der Waals surface area contributed by atoms with Crippen molar-refractivity contribution in [3.63, 3.8) is 0 Å². The normalized spacial score (nSPS) is 20.5. The molecule has 6 nitrogen and oxygen atoms in total. The molecule has 1 amide bonds. The van der Waals surface area contributed by atoms with Gasteiger partial charge < -0.3 is 15.5 Å². The molecule has 1 saturated heterocycles.